The van der Waals surface area contributed by atoms with Gasteiger partial charge >= 0.3 is 5.97 Å². The molecule has 0 aliphatic carbocycles. The summed E-state index contributed by atoms with van der Waals surface area (Å²) in [5.74, 6) is -1.44. The number of esters is 1. The maximum Gasteiger partial charge on any atom is 0.344 e. The highest BCUT2D eigenvalue weighted by molar-refractivity contribution is 6.33. The number of hydrogen-bond acceptors (Lipinski definition) is 5. The Bertz CT molecular complexity index is 1110. The largest absolute Gasteiger partial charge is 0.449 e. The molecule has 0 fully saturated rings. The van der Waals surface area contributed by atoms with Crippen molar-refractivity contribution in [3.63, 3.8) is 0 Å². The van der Waals surface area contributed by atoms with Crippen molar-refractivity contribution < 1.29 is 19.1 Å². The molecule has 0 bridgehead atoms. The lowest BCUT2D eigenvalue weighted by Crippen LogP contribution is -2.30. The summed E-state index contributed by atoms with van der Waals surface area (Å²) in [5, 5.41) is 9.70. The van der Waals surface area contributed by atoms with E-state index in [2.05, 4.69) is 15.7 Å². The summed E-state index contributed by atoms with van der Waals surface area (Å²) < 4.78 is 6.75. The summed E-state index contributed by atoms with van der Waals surface area (Å²) in [5.41, 5.74) is 2.28. The SMILES string of the molecule is CC(=O)Nc1ccc(NC(=O)[C@H](C)OC(=O)c2c(C)nn(-c3ccccc3)c2Cl)cc1. The summed E-state index contributed by atoms with van der Waals surface area (Å²) in [6.45, 7) is 4.51. The monoisotopic (exact) mass is 440 g/mol. The molecule has 3 rings (SSSR count). The molecule has 8 nitrogen and oxygen atoms in total. The molecule has 2 N–H and O–H groups in total. The smallest absolute Gasteiger partial charge is 0.344 e. The third-order valence-corrected chi connectivity index (χ3v) is 4.68. The van der Waals surface area contributed by atoms with Gasteiger partial charge in [-0.2, -0.15) is 5.10 Å². The predicted molar refractivity (Wildman–Crippen MR) is 118 cm³/mol. The molecule has 9 heteroatoms. The maximum absolute atomic E-state index is 12.7. The van der Waals surface area contributed by atoms with Crippen LogP contribution in [-0.2, 0) is 14.3 Å². The topological polar surface area (TPSA) is 102 Å². The number of ether oxygens (including phenoxy) is 1. The van der Waals surface area contributed by atoms with Gasteiger partial charge in [0.2, 0.25) is 5.91 Å². The molecular formula is C22H21ClN4O4. The lowest BCUT2D eigenvalue weighted by atomic mass is 10.2. The Morgan fingerprint density at radius 1 is 1.00 bits per heavy atom. The molecule has 0 unspecified atom stereocenters. The highest BCUT2D eigenvalue weighted by Crippen LogP contribution is 2.24. The summed E-state index contributed by atoms with van der Waals surface area (Å²) in [4.78, 5) is 36.2. The van der Waals surface area contributed by atoms with Gasteiger partial charge in [0, 0.05) is 18.3 Å². The number of aryl methyl sites for hydroxylation is 1. The Morgan fingerprint density at radius 3 is 2.16 bits per heavy atom. The molecule has 2 amide bonds. The van der Waals surface area contributed by atoms with Crippen molar-refractivity contribution in [3.05, 3.63) is 71.0 Å². The lowest BCUT2D eigenvalue weighted by Gasteiger charge is -2.14. The van der Waals surface area contributed by atoms with Crippen molar-refractivity contribution >= 4 is 40.8 Å². The normalized spacial score (nSPS) is 11.5. The number of carbonyl (C=O) groups is 3. The Labute approximate surface area is 184 Å². The number of nitrogens with one attached hydrogen (secondary N) is 2. The van der Waals surface area contributed by atoms with Gasteiger partial charge in [0.05, 0.1) is 11.4 Å². The zero-order valence-corrected chi connectivity index (χ0v) is 17.9. The number of carbonyl (C=O) groups excluding carboxylic acids is 3. The van der Waals surface area contributed by atoms with Crippen LogP contribution in [0, 0.1) is 6.92 Å². The number of amides is 2. The van der Waals surface area contributed by atoms with Gasteiger partial charge in [0.15, 0.2) is 6.10 Å². The third kappa shape index (κ3) is 5.29. The van der Waals surface area contributed by atoms with Gasteiger partial charge in [0.1, 0.15) is 10.7 Å². The number of benzene rings is 2. The van der Waals surface area contributed by atoms with E-state index < -0.39 is 18.0 Å². The molecule has 0 aliphatic heterocycles. The van der Waals surface area contributed by atoms with Crippen LogP contribution in [-0.4, -0.2) is 33.7 Å². The van der Waals surface area contributed by atoms with Crippen LogP contribution in [0.15, 0.2) is 54.6 Å². The summed E-state index contributed by atoms with van der Waals surface area (Å²) in [7, 11) is 0. The Hall–Kier alpha value is -3.65. The fraction of sp³-hybridized carbons (Fsp3) is 0.182. The van der Waals surface area contributed by atoms with Crippen LogP contribution in [0.5, 0.6) is 0 Å². The van der Waals surface area contributed by atoms with Gasteiger partial charge < -0.3 is 15.4 Å². The van der Waals surface area contributed by atoms with E-state index >= 15 is 0 Å². The standard InChI is InChI=1S/C22H21ClN4O4/c1-13-19(20(23)27(26-13)18-7-5-4-6-8-18)22(30)31-14(2)21(29)25-17-11-9-16(10-12-17)24-15(3)28/h4-12,14H,1-3H3,(H,24,28)(H,25,29)/t14-/m0/s1. The van der Waals surface area contributed by atoms with E-state index in [0.717, 1.165) is 0 Å². The number of rotatable bonds is 6. The van der Waals surface area contributed by atoms with Crippen molar-refractivity contribution in [3.8, 4) is 5.69 Å². The van der Waals surface area contributed by atoms with Gasteiger partial charge in [0.25, 0.3) is 5.91 Å². The minimum atomic E-state index is -1.07. The molecule has 3 aromatic rings. The van der Waals surface area contributed by atoms with Crippen LogP contribution in [0.25, 0.3) is 5.69 Å². The van der Waals surface area contributed by atoms with Gasteiger partial charge in [-0.25, -0.2) is 9.48 Å². The van der Waals surface area contributed by atoms with Gasteiger partial charge in [-0.15, -0.1) is 0 Å². The zero-order chi connectivity index (χ0) is 22.5. The fourth-order valence-electron chi connectivity index (χ4n) is 2.83. The molecule has 1 atom stereocenters. The zero-order valence-electron chi connectivity index (χ0n) is 17.2. The second kappa shape index (κ2) is 9.44. The summed E-state index contributed by atoms with van der Waals surface area (Å²) in [6.07, 6.45) is -1.07. The number of anilines is 2. The van der Waals surface area contributed by atoms with Crippen molar-refractivity contribution in [2.24, 2.45) is 0 Å². The van der Waals surface area contributed by atoms with E-state index in [9.17, 15) is 14.4 Å². The molecule has 31 heavy (non-hydrogen) atoms. The van der Waals surface area contributed by atoms with Gasteiger partial charge in [-0.1, -0.05) is 29.8 Å². The first kappa shape index (κ1) is 22.0. The van der Waals surface area contributed by atoms with E-state index in [1.807, 2.05) is 18.2 Å². The van der Waals surface area contributed by atoms with Crippen molar-refractivity contribution in [2.75, 3.05) is 10.6 Å². The average molecular weight is 441 g/mol. The van der Waals surface area contributed by atoms with E-state index in [4.69, 9.17) is 16.3 Å². The minimum Gasteiger partial charge on any atom is -0.449 e. The number of aromatic nitrogens is 2. The first-order chi connectivity index (χ1) is 14.8. The highest BCUT2D eigenvalue weighted by atomic mass is 35.5. The van der Waals surface area contributed by atoms with E-state index in [0.29, 0.717) is 22.8 Å². The molecule has 0 spiro atoms. The molecule has 0 saturated carbocycles. The molecule has 2 aromatic carbocycles. The second-order valence-corrected chi connectivity index (χ2v) is 7.15. The molecule has 0 aliphatic rings. The van der Waals surface area contributed by atoms with Crippen molar-refractivity contribution in [2.45, 2.75) is 26.9 Å². The van der Waals surface area contributed by atoms with Crippen molar-refractivity contribution in [1.82, 2.24) is 9.78 Å². The minimum absolute atomic E-state index is 0.102. The Kier molecular flexibility index (Phi) is 6.71. The number of halogens is 1. The number of para-hydroxylation sites is 1. The molecule has 0 radical (unpaired) electrons. The number of nitrogens with zero attached hydrogens (tertiary/aromatic N) is 2. The fourth-order valence-corrected chi connectivity index (χ4v) is 3.18. The van der Waals surface area contributed by atoms with Crippen LogP contribution in [0.2, 0.25) is 5.15 Å². The third-order valence-electron chi connectivity index (χ3n) is 4.33. The van der Waals surface area contributed by atoms with Gasteiger partial charge in [-0.05, 0) is 50.2 Å². The van der Waals surface area contributed by atoms with E-state index in [-0.39, 0.29) is 16.6 Å². The number of hydrogen-bond donors (Lipinski definition) is 2. The quantitative estimate of drug-likeness (QED) is 0.564. The Balaban J connectivity index is 1.67. The molecule has 1 aromatic heterocycles. The predicted octanol–water partition coefficient (Wildman–Crippen LogP) is 3.98. The van der Waals surface area contributed by atoms with Crippen molar-refractivity contribution in [1.29, 1.82) is 0 Å². The van der Waals surface area contributed by atoms with E-state index in [1.165, 1.54) is 18.5 Å². The van der Waals surface area contributed by atoms with Gasteiger partial charge in [-0.3, -0.25) is 9.59 Å². The molecule has 0 saturated heterocycles. The summed E-state index contributed by atoms with van der Waals surface area (Å²) >= 11 is 6.37. The summed E-state index contributed by atoms with van der Waals surface area (Å²) in [6, 6.07) is 15.7. The first-order valence-corrected chi connectivity index (χ1v) is 9.84. The first-order valence-electron chi connectivity index (χ1n) is 9.46. The van der Waals surface area contributed by atoms with Crippen LogP contribution in [0.4, 0.5) is 11.4 Å². The molecular weight excluding hydrogens is 420 g/mol. The van der Waals surface area contributed by atoms with Crippen LogP contribution in [0.1, 0.15) is 29.9 Å². The van der Waals surface area contributed by atoms with Crippen LogP contribution < -0.4 is 10.6 Å². The Morgan fingerprint density at radius 2 is 1.58 bits per heavy atom. The molecule has 160 valence electrons. The second-order valence-electron chi connectivity index (χ2n) is 6.79. The van der Waals surface area contributed by atoms with E-state index in [1.54, 1.807) is 43.3 Å². The molecule has 1 heterocycles. The highest BCUT2D eigenvalue weighted by Gasteiger charge is 2.26. The maximum atomic E-state index is 12.7. The van der Waals surface area contributed by atoms with Crippen LogP contribution in [0.3, 0.4) is 0 Å². The lowest BCUT2D eigenvalue weighted by molar-refractivity contribution is -0.123. The average Bonchev–Trinajstić information content (AvgIpc) is 3.03. The van der Waals surface area contributed by atoms with Crippen LogP contribution >= 0.6 is 11.6 Å².